The molecule has 2 fully saturated rings. The normalized spacial score (nSPS) is 20.1. The number of carbonyl (C=O) groups is 5. The molecule has 0 aliphatic carbocycles. The number of esters is 1. The summed E-state index contributed by atoms with van der Waals surface area (Å²) in [4.78, 5) is 84.2. The minimum absolute atomic E-state index is 0.0728. The molecule has 0 saturated carbocycles. The SMILES string of the molecule is CO[C@@H](C)c1ncccc1-c1c2c3cc(ccc3n1CC(F)(F)F)-c1nc(nn1C)C[C@H](NC(=O)[C@H](C(C)C)N(C)C(=O)C1(F)CCN(C(=O)C#CC(C)(C)N(C)C)CC1)C(=O)N1CCC[C@H](N1)C(=O)OCC(C)(C)C2. The maximum atomic E-state index is 16.8. The molecule has 3 aromatic heterocycles. The van der Waals surface area contributed by atoms with E-state index in [1.54, 1.807) is 64.3 Å². The van der Waals surface area contributed by atoms with Gasteiger partial charge in [0.2, 0.25) is 5.91 Å². The van der Waals surface area contributed by atoms with Crippen LogP contribution in [0.2, 0.25) is 0 Å². The van der Waals surface area contributed by atoms with Crippen molar-refractivity contribution in [2.45, 2.75) is 135 Å². The van der Waals surface area contributed by atoms with Crippen molar-refractivity contribution >= 4 is 40.5 Å². The Morgan fingerprint density at radius 2 is 1.75 bits per heavy atom. The summed E-state index contributed by atoms with van der Waals surface area (Å²) in [6.45, 7) is 11.1. The van der Waals surface area contributed by atoms with Crippen LogP contribution in [0, 0.1) is 23.2 Å². The van der Waals surface area contributed by atoms with Gasteiger partial charge < -0.3 is 29.2 Å². The summed E-state index contributed by atoms with van der Waals surface area (Å²) < 4.78 is 75.3. The molecule has 3 aliphatic rings. The zero-order valence-corrected chi connectivity index (χ0v) is 45.5. The number of nitrogens with one attached hydrogen (secondary N) is 2. The lowest BCUT2D eigenvalue weighted by Gasteiger charge is -2.40. The Morgan fingerprint density at radius 1 is 1.05 bits per heavy atom. The summed E-state index contributed by atoms with van der Waals surface area (Å²) in [5.74, 6) is 1.93. The second-order valence-electron chi connectivity index (χ2n) is 22.1. The number of carbonyl (C=O) groups excluding carboxylic acids is 5. The molecule has 4 aromatic rings. The number of aryl methyl sites for hydroxylation is 1. The quantitative estimate of drug-likeness (QED) is 0.114. The lowest BCUT2D eigenvalue weighted by molar-refractivity contribution is -0.156. The Labute approximate surface area is 441 Å². The molecule has 0 radical (unpaired) electrons. The fourth-order valence-corrected chi connectivity index (χ4v) is 10.1. The average molecular weight is 1060 g/mol. The number of nitrogens with zero attached hydrogens (tertiary/aromatic N) is 9. The summed E-state index contributed by atoms with van der Waals surface area (Å²) >= 11 is 0. The van der Waals surface area contributed by atoms with Gasteiger partial charge in [-0.2, -0.15) is 18.3 Å². The molecule has 4 amide bonds. The smallest absolute Gasteiger partial charge is 0.406 e. The second-order valence-corrected chi connectivity index (χ2v) is 22.1. The molecule has 22 heteroatoms. The van der Waals surface area contributed by atoms with Crippen molar-refractivity contribution in [1.29, 1.82) is 0 Å². The molecule has 6 bridgehead atoms. The number of hydrogen-bond acceptors (Lipinski definition) is 12. The molecule has 6 heterocycles. The number of amides is 4. The number of halogens is 4. The lowest BCUT2D eigenvalue weighted by Crippen LogP contribution is -2.63. The van der Waals surface area contributed by atoms with Gasteiger partial charge in [0.1, 0.15) is 24.7 Å². The summed E-state index contributed by atoms with van der Waals surface area (Å²) in [7, 11) is 8.14. The maximum Gasteiger partial charge on any atom is 0.406 e. The van der Waals surface area contributed by atoms with Gasteiger partial charge in [-0.15, -0.1) is 0 Å². The van der Waals surface area contributed by atoms with Crippen LogP contribution in [0.1, 0.15) is 97.3 Å². The average Bonchev–Trinajstić information content (AvgIpc) is 3.87. The first-order valence-electron chi connectivity index (χ1n) is 25.6. The van der Waals surface area contributed by atoms with E-state index in [2.05, 4.69) is 32.7 Å². The first-order chi connectivity index (χ1) is 35.5. The first kappa shape index (κ1) is 57.3. The molecule has 0 spiro atoms. The van der Waals surface area contributed by atoms with Crippen LogP contribution in [0.4, 0.5) is 17.6 Å². The number of alkyl halides is 4. The highest BCUT2D eigenvalue weighted by molar-refractivity contribution is 5.97. The van der Waals surface area contributed by atoms with Crippen molar-refractivity contribution in [2.24, 2.45) is 18.4 Å². The van der Waals surface area contributed by atoms with Gasteiger partial charge >= 0.3 is 12.1 Å². The highest BCUT2D eigenvalue weighted by Crippen LogP contribution is 2.43. The summed E-state index contributed by atoms with van der Waals surface area (Å²) in [6.07, 6.45) is -3.77. The molecular formula is C54H71F4N11O7. The first-order valence-corrected chi connectivity index (χ1v) is 25.6. The molecule has 3 aliphatic heterocycles. The van der Waals surface area contributed by atoms with Crippen LogP contribution in [0.3, 0.4) is 0 Å². The number of pyridine rings is 1. The van der Waals surface area contributed by atoms with E-state index in [0.717, 1.165) is 4.90 Å². The highest BCUT2D eigenvalue weighted by Gasteiger charge is 2.48. The van der Waals surface area contributed by atoms with E-state index in [4.69, 9.17) is 14.5 Å². The number of hydrazine groups is 1. The minimum atomic E-state index is -4.64. The summed E-state index contributed by atoms with van der Waals surface area (Å²) in [5, 5.41) is 9.21. The number of rotatable bonds is 10. The standard InChI is InChI=1S/C54H71F4N11O7/c1-32(2)44(65(10)50(74)53(55)21-25-67(26-22-53)42(70)19-20-52(6,7)64(8)9)47(71)60-39-28-41-61-46(66(11)63-41)34-17-18-40-36(27-34)37(29-51(4,5)31-76-49(73)38-16-14-24-69(62-38)48(39)72)45(68(40)30-54(56,57)58)35-15-13-23-59-43(35)33(3)75-12/h13,15,17-18,23,27,32-33,38-39,44,62H,14,16,21-22,24-26,28-31H2,1-12H3,(H,60,71)/t33-,38-,39-,44-/m0/s1. The van der Waals surface area contributed by atoms with E-state index < -0.39 is 89.1 Å². The zero-order chi connectivity index (χ0) is 55.8. The monoisotopic (exact) mass is 1060 g/mol. The van der Waals surface area contributed by atoms with E-state index in [9.17, 15) is 37.1 Å². The number of likely N-dealkylation sites (N-methyl/N-ethyl adjacent to an activating group) is 1. The van der Waals surface area contributed by atoms with E-state index in [-0.39, 0.29) is 69.0 Å². The van der Waals surface area contributed by atoms with Crippen LogP contribution in [0.15, 0.2) is 36.5 Å². The summed E-state index contributed by atoms with van der Waals surface area (Å²) in [5.41, 5.74) is 1.60. The van der Waals surface area contributed by atoms with Crippen molar-refractivity contribution in [2.75, 3.05) is 54.5 Å². The minimum Gasteiger partial charge on any atom is -0.464 e. The third kappa shape index (κ3) is 12.4. The molecule has 1 aromatic carbocycles. The fraction of sp³-hybridized carbons (Fsp3) is 0.593. The number of likely N-dealkylation sites (tertiary alicyclic amines) is 1. The topological polar surface area (TPSA) is 189 Å². The van der Waals surface area contributed by atoms with Crippen molar-refractivity contribution in [3.05, 3.63) is 53.6 Å². The predicted molar refractivity (Wildman–Crippen MR) is 275 cm³/mol. The number of methoxy groups -OCH3 is 1. The van der Waals surface area contributed by atoms with Crippen molar-refractivity contribution < 1.29 is 51.0 Å². The zero-order valence-electron chi connectivity index (χ0n) is 45.5. The van der Waals surface area contributed by atoms with E-state index in [1.807, 2.05) is 46.7 Å². The van der Waals surface area contributed by atoms with Gasteiger partial charge in [-0.05, 0) is 102 Å². The van der Waals surface area contributed by atoms with Gasteiger partial charge in [0, 0.05) is 93.7 Å². The third-order valence-corrected chi connectivity index (χ3v) is 14.9. The molecule has 412 valence electrons. The number of cyclic esters (lactones) is 1. The number of hydrogen-bond donors (Lipinski definition) is 2. The molecule has 18 nitrogen and oxygen atoms in total. The van der Waals surface area contributed by atoms with Crippen molar-refractivity contribution in [1.82, 2.24) is 54.8 Å². The number of aromatic nitrogens is 5. The van der Waals surface area contributed by atoms with Crippen LogP contribution in [-0.2, 0) is 59.9 Å². The molecule has 7 rings (SSSR count). The van der Waals surface area contributed by atoms with Crippen LogP contribution < -0.4 is 10.7 Å². The molecule has 76 heavy (non-hydrogen) atoms. The Kier molecular flexibility index (Phi) is 16.8. The molecule has 0 unspecified atom stereocenters. The van der Waals surface area contributed by atoms with Gasteiger partial charge in [-0.25, -0.2) is 19.5 Å². The van der Waals surface area contributed by atoms with Gasteiger partial charge in [-0.1, -0.05) is 33.6 Å². The number of benzene rings is 1. The maximum absolute atomic E-state index is 16.8. The molecule has 2 saturated heterocycles. The number of ether oxygens (including phenoxy) is 2. The Morgan fingerprint density at radius 3 is 2.39 bits per heavy atom. The fourth-order valence-electron chi connectivity index (χ4n) is 10.1. The lowest BCUT2D eigenvalue weighted by atomic mass is 9.84. The van der Waals surface area contributed by atoms with Crippen molar-refractivity contribution in [3.8, 4) is 34.5 Å². The van der Waals surface area contributed by atoms with Gasteiger partial charge in [0.05, 0.1) is 29.6 Å². The molecule has 4 atom stereocenters. The van der Waals surface area contributed by atoms with E-state index >= 15 is 4.39 Å². The summed E-state index contributed by atoms with van der Waals surface area (Å²) in [6, 6.07) is 4.72. The molecular weight excluding hydrogens is 991 g/mol. The van der Waals surface area contributed by atoms with E-state index in [0.29, 0.717) is 46.4 Å². The van der Waals surface area contributed by atoms with Crippen LogP contribution in [-0.4, -0.2) is 164 Å². The van der Waals surface area contributed by atoms with Crippen molar-refractivity contribution in [3.63, 3.8) is 0 Å². The highest BCUT2D eigenvalue weighted by atomic mass is 19.4. The number of piperidine rings is 1. The van der Waals surface area contributed by atoms with Crippen LogP contribution >= 0.6 is 0 Å². The van der Waals surface area contributed by atoms with Gasteiger partial charge in [-0.3, -0.25) is 38.9 Å². The van der Waals surface area contributed by atoms with Crippen LogP contribution in [0.25, 0.3) is 33.5 Å². The third-order valence-electron chi connectivity index (χ3n) is 14.9. The Bertz CT molecular complexity index is 2910. The van der Waals surface area contributed by atoms with Gasteiger partial charge in [0.25, 0.3) is 17.7 Å². The van der Waals surface area contributed by atoms with E-state index in [1.165, 1.54) is 33.3 Å². The molecule has 2 N–H and O–H groups in total. The predicted octanol–water partition coefficient (Wildman–Crippen LogP) is 5.57. The Balaban J connectivity index is 1.25. The van der Waals surface area contributed by atoms with Gasteiger partial charge in [0.15, 0.2) is 17.3 Å². The Hall–Kier alpha value is -6.44. The second kappa shape index (κ2) is 22.3. The number of fused-ring (bicyclic) bond motifs is 6. The van der Waals surface area contributed by atoms with Crippen LogP contribution in [0.5, 0.6) is 0 Å². The largest absolute Gasteiger partial charge is 0.464 e.